The second kappa shape index (κ2) is 12.2. The third kappa shape index (κ3) is 6.93. The molecule has 3 aromatic carbocycles. The van der Waals surface area contributed by atoms with Crippen LogP contribution >= 0.6 is 0 Å². The standard InChI is InChI=1S/C27H27NO6/c1-3-4-5-18-33-25-16-6-20(19-26(25)32-2)7-17-27(29)34-24-14-10-22(11-15-24)21-8-12-23(13-9-21)28(30)31/h6-17,19H,3-5,18H2,1-2H3/b17-7+. The molecule has 0 N–H and O–H groups in total. The fourth-order valence-corrected chi connectivity index (χ4v) is 3.25. The second-order valence-corrected chi connectivity index (χ2v) is 7.55. The van der Waals surface area contributed by atoms with E-state index in [1.807, 2.05) is 12.1 Å². The number of nitro groups is 1. The Morgan fingerprint density at radius 1 is 0.941 bits per heavy atom. The molecule has 0 bridgehead atoms. The Hall–Kier alpha value is -4.13. The van der Waals surface area contributed by atoms with Crippen molar-refractivity contribution in [2.45, 2.75) is 26.2 Å². The molecule has 0 unspecified atom stereocenters. The van der Waals surface area contributed by atoms with E-state index in [0.717, 1.165) is 36.0 Å². The summed E-state index contributed by atoms with van der Waals surface area (Å²) in [6, 6.07) is 18.7. The number of methoxy groups -OCH3 is 1. The Kier molecular flexibility index (Phi) is 8.80. The number of non-ortho nitro benzene ring substituents is 1. The fourth-order valence-electron chi connectivity index (χ4n) is 3.25. The Labute approximate surface area is 198 Å². The van der Waals surface area contributed by atoms with Crippen molar-refractivity contribution in [1.29, 1.82) is 0 Å². The van der Waals surface area contributed by atoms with Gasteiger partial charge in [0.15, 0.2) is 11.5 Å². The van der Waals surface area contributed by atoms with Crippen molar-refractivity contribution in [1.82, 2.24) is 0 Å². The molecule has 34 heavy (non-hydrogen) atoms. The van der Waals surface area contributed by atoms with Crippen molar-refractivity contribution >= 4 is 17.7 Å². The first-order valence-electron chi connectivity index (χ1n) is 11.1. The first-order valence-corrected chi connectivity index (χ1v) is 11.1. The van der Waals surface area contributed by atoms with E-state index in [0.29, 0.717) is 23.9 Å². The van der Waals surface area contributed by atoms with Gasteiger partial charge in [0, 0.05) is 18.2 Å². The van der Waals surface area contributed by atoms with E-state index in [2.05, 4.69) is 6.92 Å². The van der Waals surface area contributed by atoms with Crippen LogP contribution in [-0.4, -0.2) is 24.6 Å². The maximum atomic E-state index is 12.2. The molecule has 0 heterocycles. The lowest BCUT2D eigenvalue weighted by Gasteiger charge is -2.11. The molecule has 0 atom stereocenters. The highest BCUT2D eigenvalue weighted by molar-refractivity contribution is 5.89. The van der Waals surface area contributed by atoms with Crippen LogP contribution in [-0.2, 0) is 4.79 Å². The molecule has 0 amide bonds. The summed E-state index contributed by atoms with van der Waals surface area (Å²) in [6.07, 6.45) is 6.23. The Balaban J connectivity index is 1.58. The van der Waals surface area contributed by atoms with Crippen LogP contribution in [0.2, 0.25) is 0 Å². The van der Waals surface area contributed by atoms with Gasteiger partial charge in [-0.2, -0.15) is 0 Å². The van der Waals surface area contributed by atoms with Crippen LogP contribution in [0.5, 0.6) is 17.2 Å². The summed E-state index contributed by atoms with van der Waals surface area (Å²) in [5, 5.41) is 10.8. The zero-order valence-electron chi connectivity index (χ0n) is 19.2. The highest BCUT2D eigenvalue weighted by atomic mass is 16.6. The number of unbranched alkanes of at least 4 members (excludes halogenated alkanes) is 2. The summed E-state index contributed by atoms with van der Waals surface area (Å²) in [5.74, 6) is 1.16. The molecule has 0 aliphatic carbocycles. The maximum absolute atomic E-state index is 12.2. The third-order valence-electron chi connectivity index (χ3n) is 5.09. The number of ether oxygens (including phenoxy) is 3. The van der Waals surface area contributed by atoms with Gasteiger partial charge >= 0.3 is 5.97 Å². The molecule has 3 rings (SSSR count). The number of nitrogens with zero attached hydrogens (tertiary/aromatic N) is 1. The van der Waals surface area contributed by atoms with Gasteiger partial charge in [0.1, 0.15) is 5.75 Å². The van der Waals surface area contributed by atoms with E-state index in [-0.39, 0.29) is 5.69 Å². The predicted molar refractivity (Wildman–Crippen MR) is 131 cm³/mol. The highest BCUT2D eigenvalue weighted by Gasteiger charge is 2.08. The average Bonchev–Trinajstić information content (AvgIpc) is 2.86. The topological polar surface area (TPSA) is 87.9 Å². The molecule has 7 nitrogen and oxygen atoms in total. The molecule has 0 aliphatic rings. The van der Waals surface area contributed by atoms with Gasteiger partial charge in [0.2, 0.25) is 0 Å². The minimum absolute atomic E-state index is 0.0350. The smallest absolute Gasteiger partial charge is 0.336 e. The van der Waals surface area contributed by atoms with Crippen molar-refractivity contribution < 1.29 is 23.9 Å². The van der Waals surface area contributed by atoms with Gasteiger partial charge in [-0.1, -0.05) is 38.0 Å². The number of carbonyl (C=O) groups excluding carboxylic acids is 1. The van der Waals surface area contributed by atoms with Gasteiger partial charge in [0.05, 0.1) is 18.6 Å². The van der Waals surface area contributed by atoms with Gasteiger partial charge in [0.25, 0.3) is 5.69 Å². The van der Waals surface area contributed by atoms with Crippen LogP contribution in [0.25, 0.3) is 17.2 Å². The molecule has 3 aromatic rings. The lowest BCUT2D eigenvalue weighted by Crippen LogP contribution is -2.03. The first kappa shape index (κ1) is 24.5. The van der Waals surface area contributed by atoms with Crippen molar-refractivity contribution in [3.05, 3.63) is 88.5 Å². The van der Waals surface area contributed by atoms with Gasteiger partial charge in [-0.3, -0.25) is 10.1 Å². The number of hydrogen-bond donors (Lipinski definition) is 0. The van der Waals surface area contributed by atoms with Crippen LogP contribution in [0.3, 0.4) is 0 Å². The van der Waals surface area contributed by atoms with Crippen molar-refractivity contribution in [3.8, 4) is 28.4 Å². The molecule has 0 aliphatic heterocycles. The summed E-state index contributed by atoms with van der Waals surface area (Å²) < 4.78 is 16.5. The summed E-state index contributed by atoms with van der Waals surface area (Å²) in [4.78, 5) is 22.6. The summed E-state index contributed by atoms with van der Waals surface area (Å²) in [7, 11) is 1.58. The van der Waals surface area contributed by atoms with E-state index in [1.54, 1.807) is 55.7 Å². The molecule has 176 valence electrons. The van der Waals surface area contributed by atoms with Crippen LogP contribution in [0.15, 0.2) is 72.8 Å². The van der Waals surface area contributed by atoms with E-state index >= 15 is 0 Å². The molecular weight excluding hydrogens is 434 g/mol. The molecule has 0 spiro atoms. The molecular formula is C27H27NO6. The number of esters is 1. The molecule has 7 heteroatoms. The van der Waals surface area contributed by atoms with E-state index < -0.39 is 10.9 Å². The minimum atomic E-state index is -0.512. The molecule has 0 saturated heterocycles. The largest absolute Gasteiger partial charge is 0.493 e. The number of rotatable bonds is 11. The number of nitro benzene ring substituents is 1. The Morgan fingerprint density at radius 3 is 2.24 bits per heavy atom. The van der Waals surface area contributed by atoms with Gasteiger partial charge in [-0.25, -0.2) is 4.79 Å². The van der Waals surface area contributed by atoms with Crippen LogP contribution in [0.1, 0.15) is 31.7 Å². The second-order valence-electron chi connectivity index (χ2n) is 7.55. The third-order valence-corrected chi connectivity index (χ3v) is 5.09. The zero-order chi connectivity index (χ0) is 24.3. The number of hydrogen-bond acceptors (Lipinski definition) is 6. The van der Waals surface area contributed by atoms with Crippen molar-refractivity contribution in [2.24, 2.45) is 0 Å². The lowest BCUT2D eigenvalue weighted by atomic mass is 10.1. The monoisotopic (exact) mass is 461 g/mol. The van der Waals surface area contributed by atoms with Crippen LogP contribution < -0.4 is 14.2 Å². The summed E-state index contributed by atoms with van der Waals surface area (Å²) in [5.41, 5.74) is 2.50. The Bertz CT molecular complexity index is 1140. The van der Waals surface area contributed by atoms with E-state index in [1.165, 1.54) is 18.2 Å². The summed E-state index contributed by atoms with van der Waals surface area (Å²) in [6.45, 7) is 2.78. The van der Waals surface area contributed by atoms with E-state index in [9.17, 15) is 14.9 Å². The van der Waals surface area contributed by atoms with E-state index in [4.69, 9.17) is 14.2 Å². The maximum Gasteiger partial charge on any atom is 0.336 e. The highest BCUT2D eigenvalue weighted by Crippen LogP contribution is 2.29. The SMILES string of the molecule is CCCCCOc1ccc(/C=C/C(=O)Oc2ccc(-c3ccc([N+](=O)[O-])cc3)cc2)cc1OC. The van der Waals surface area contributed by atoms with Gasteiger partial charge in [-0.05, 0) is 65.6 Å². The van der Waals surface area contributed by atoms with Gasteiger partial charge < -0.3 is 14.2 Å². The zero-order valence-corrected chi connectivity index (χ0v) is 19.2. The molecule has 0 radical (unpaired) electrons. The first-order chi connectivity index (χ1) is 16.5. The lowest BCUT2D eigenvalue weighted by molar-refractivity contribution is -0.384. The summed E-state index contributed by atoms with van der Waals surface area (Å²) >= 11 is 0. The molecule has 0 saturated carbocycles. The average molecular weight is 462 g/mol. The molecule has 0 fully saturated rings. The fraction of sp³-hybridized carbons (Fsp3) is 0.222. The number of benzene rings is 3. The molecule has 0 aromatic heterocycles. The predicted octanol–water partition coefficient (Wildman–Crippen LogP) is 6.46. The van der Waals surface area contributed by atoms with Gasteiger partial charge in [-0.15, -0.1) is 0 Å². The van der Waals surface area contributed by atoms with Crippen LogP contribution in [0.4, 0.5) is 5.69 Å². The Morgan fingerprint density at radius 2 is 1.62 bits per heavy atom. The van der Waals surface area contributed by atoms with Crippen LogP contribution in [0, 0.1) is 10.1 Å². The van der Waals surface area contributed by atoms with Crippen molar-refractivity contribution in [2.75, 3.05) is 13.7 Å². The quantitative estimate of drug-likeness (QED) is 0.0813. The van der Waals surface area contributed by atoms with Crippen molar-refractivity contribution in [3.63, 3.8) is 0 Å². The minimum Gasteiger partial charge on any atom is -0.493 e. The number of carbonyl (C=O) groups is 1. The normalized spacial score (nSPS) is 10.8.